The molecular formula is C21H33N5OSi. The minimum absolute atomic E-state index is 0.380. The van der Waals surface area contributed by atoms with Crippen LogP contribution in [0.15, 0.2) is 18.5 Å². The van der Waals surface area contributed by atoms with Crippen molar-refractivity contribution in [1.82, 2.24) is 14.5 Å². The van der Waals surface area contributed by atoms with Gasteiger partial charge in [-0.2, -0.15) is 5.26 Å². The van der Waals surface area contributed by atoms with Crippen molar-refractivity contribution in [2.24, 2.45) is 0 Å². The van der Waals surface area contributed by atoms with Crippen LogP contribution < -0.4 is 4.90 Å². The Morgan fingerprint density at radius 2 is 2.07 bits per heavy atom. The topological polar surface area (TPSA) is 57.3 Å². The standard InChI is InChI=1S/C21H33N5OSi/c1-6-24-7-8-26(17(2)14-24)20-12-19-21(11-18(20)13-22)25(15-23-19)16-27-9-10-28(3,4)5/h11-12,15,17H,6-10,14,16H2,1-5H3. The van der Waals surface area contributed by atoms with Crippen LogP contribution in [-0.2, 0) is 11.5 Å². The molecule has 1 aromatic heterocycles. The second kappa shape index (κ2) is 8.64. The Balaban J connectivity index is 1.79. The van der Waals surface area contributed by atoms with Gasteiger partial charge in [0.2, 0.25) is 0 Å². The minimum atomic E-state index is -1.09. The fourth-order valence-corrected chi connectivity index (χ4v) is 4.50. The Kier molecular flexibility index (Phi) is 6.43. The molecule has 0 spiro atoms. The fraction of sp³-hybridized carbons (Fsp3) is 0.619. The quantitative estimate of drug-likeness (QED) is 0.524. The molecule has 1 aliphatic heterocycles. The molecule has 1 atom stereocenters. The number of piperazine rings is 1. The van der Waals surface area contributed by atoms with Gasteiger partial charge in [0.15, 0.2) is 0 Å². The fourth-order valence-electron chi connectivity index (χ4n) is 3.74. The third kappa shape index (κ3) is 4.74. The summed E-state index contributed by atoms with van der Waals surface area (Å²) in [4.78, 5) is 9.39. The number of hydrogen-bond donors (Lipinski definition) is 0. The zero-order chi connectivity index (χ0) is 20.3. The molecule has 0 aliphatic carbocycles. The van der Waals surface area contributed by atoms with Crippen molar-refractivity contribution < 1.29 is 4.74 Å². The molecule has 1 fully saturated rings. The Morgan fingerprint density at radius 3 is 2.71 bits per heavy atom. The molecule has 1 aliphatic rings. The Labute approximate surface area is 169 Å². The zero-order valence-electron chi connectivity index (χ0n) is 17.9. The summed E-state index contributed by atoms with van der Waals surface area (Å²) in [6, 6.07) is 7.98. The lowest BCUT2D eigenvalue weighted by Gasteiger charge is -2.41. The van der Waals surface area contributed by atoms with Crippen molar-refractivity contribution in [2.45, 2.75) is 52.3 Å². The van der Waals surface area contributed by atoms with Crippen LogP contribution in [0.5, 0.6) is 0 Å². The summed E-state index contributed by atoms with van der Waals surface area (Å²) in [5.74, 6) is 0. The molecule has 0 N–H and O–H groups in total. The van der Waals surface area contributed by atoms with Crippen LogP contribution in [0.3, 0.4) is 0 Å². The number of hydrogen-bond acceptors (Lipinski definition) is 5. The van der Waals surface area contributed by atoms with Crippen LogP contribution in [0.25, 0.3) is 11.0 Å². The van der Waals surface area contributed by atoms with Gasteiger partial charge in [-0.1, -0.05) is 26.6 Å². The van der Waals surface area contributed by atoms with E-state index in [1.54, 1.807) is 0 Å². The molecule has 0 amide bonds. The highest BCUT2D eigenvalue weighted by Gasteiger charge is 2.25. The van der Waals surface area contributed by atoms with Gasteiger partial charge in [-0.05, 0) is 31.6 Å². The molecule has 6 nitrogen and oxygen atoms in total. The number of likely N-dealkylation sites (N-methyl/N-ethyl adjacent to an activating group) is 1. The van der Waals surface area contributed by atoms with Gasteiger partial charge in [-0.25, -0.2) is 4.98 Å². The third-order valence-electron chi connectivity index (χ3n) is 5.55. The van der Waals surface area contributed by atoms with Crippen LogP contribution in [0.2, 0.25) is 25.7 Å². The van der Waals surface area contributed by atoms with Crippen molar-refractivity contribution in [3.63, 3.8) is 0 Å². The van der Waals surface area contributed by atoms with E-state index in [9.17, 15) is 5.26 Å². The molecule has 2 aromatic rings. The van der Waals surface area contributed by atoms with E-state index < -0.39 is 8.07 Å². The van der Waals surface area contributed by atoms with Crippen LogP contribution in [0.4, 0.5) is 5.69 Å². The van der Waals surface area contributed by atoms with Gasteiger partial charge in [0.05, 0.1) is 28.6 Å². The molecule has 1 saturated heterocycles. The average molecular weight is 400 g/mol. The Hall–Kier alpha value is -1.88. The van der Waals surface area contributed by atoms with Crippen molar-refractivity contribution in [1.29, 1.82) is 5.26 Å². The molecule has 28 heavy (non-hydrogen) atoms. The van der Waals surface area contributed by atoms with Gasteiger partial charge >= 0.3 is 0 Å². The summed E-state index contributed by atoms with van der Waals surface area (Å²) in [5.41, 5.74) is 3.61. The van der Waals surface area contributed by atoms with Gasteiger partial charge in [0, 0.05) is 40.4 Å². The van der Waals surface area contributed by atoms with E-state index in [4.69, 9.17) is 4.74 Å². The predicted molar refractivity (Wildman–Crippen MR) is 117 cm³/mol. The summed E-state index contributed by atoms with van der Waals surface area (Å²) in [6.45, 7) is 16.8. The summed E-state index contributed by atoms with van der Waals surface area (Å²) in [6.07, 6.45) is 1.82. The normalized spacial score (nSPS) is 18.6. The number of nitriles is 1. The summed E-state index contributed by atoms with van der Waals surface area (Å²) in [7, 11) is -1.09. The van der Waals surface area contributed by atoms with Crippen LogP contribution in [-0.4, -0.2) is 61.4 Å². The zero-order valence-corrected chi connectivity index (χ0v) is 18.9. The largest absolute Gasteiger partial charge is 0.365 e. The summed E-state index contributed by atoms with van der Waals surface area (Å²) in [5, 5.41) is 9.78. The number of nitrogens with zero attached hydrogens (tertiary/aromatic N) is 5. The monoisotopic (exact) mass is 399 g/mol. The van der Waals surface area contributed by atoms with E-state index in [1.165, 1.54) is 0 Å². The van der Waals surface area contributed by atoms with Gasteiger partial charge in [0.1, 0.15) is 12.8 Å². The molecular weight excluding hydrogens is 366 g/mol. The van der Waals surface area contributed by atoms with Gasteiger partial charge in [0.25, 0.3) is 0 Å². The molecule has 3 rings (SSSR count). The van der Waals surface area contributed by atoms with Crippen molar-refractivity contribution in [2.75, 3.05) is 37.7 Å². The SMILES string of the molecule is CCN1CCN(c2cc3ncn(COCC[Si](C)(C)C)c3cc2C#N)C(C)C1. The lowest BCUT2D eigenvalue weighted by atomic mass is 10.1. The highest BCUT2D eigenvalue weighted by atomic mass is 28.3. The molecule has 1 unspecified atom stereocenters. The third-order valence-corrected chi connectivity index (χ3v) is 7.26. The number of aromatic nitrogens is 2. The second-order valence-electron chi connectivity index (χ2n) is 8.97. The number of ether oxygens (including phenoxy) is 1. The number of rotatable bonds is 7. The van der Waals surface area contributed by atoms with E-state index >= 15 is 0 Å². The average Bonchev–Trinajstić information content (AvgIpc) is 3.05. The molecule has 1 aromatic carbocycles. The smallest absolute Gasteiger partial charge is 0.124 e. The first-order chi connectivity index (χ1) is 13.3. The second-order valence-corrected chi connectivity index (χ2v) is 14.6. The van der Waals surface area contributed by atoms with E-state index in [1.807, 2.05) is 17.0 Å². The van der Waals surface area contributed by atoms with Crippen LogP contribution >= 0.6 is 0 Å². The number of benzene rings is 1. The minimum Gasteiger partial charge on any atom is -0.365 e. The molecule has 0 saturated carbocycles. The molecule has 0 bridgehead atoms. The molecule has 7 heteroatoms. The van der Waals surface area contributed by atoms with Gasteiger partial charge in [-0.3, -0.25) is 4.90 Å². The highest BCUT2D eigenvalue weighted by Crippen LogP contribution is 2.29. The highest BCUT2D eigenvalue weighted by molar-refractivity contribution is 6.76. The number of imidazole rings is 1. The number of fused-ring (bicyclic) bond motifs is 1. The Bertz CT molecular complexity index is 851. The number of anilines is 1. The maximum Gasteiger partial charge on any atom is 0.124 e. The van der Waals surface area contributed by atoms with Crippen molar-refractivity contribution >= 4 is 24.8 Å². The Morgan fingerprint density at radius 1 is 1.29 bits per heavy atom. The summed E-state index contributed by atoms with van der Waals surface area (Å²) < 4.78 is 7.88. The first kappa shape index (κ1) is 20.8. The molecule has 2 heterocycles. The maximum atomic E-state index is 9.78. The lowest BCUT2D eigenvalue weighted by Crippen LogP contribution is -2.52. The van der Waals surface area contributed by atoms with E-state index in [2.05, 4.69) is 60.4 Å². The van der Waals surface area contributed by atoms with Crippen LogP contribution in [0.1, 0.15) is 19.4 Å². The molecule has 0 radical (unpaired) electrons. The van der Waals surface area contributed by atoms with Crippen molar-refractivity contribution in [3.05, 3.63) is 24.0 Å². The van der Waals surface area contributed by atoms with Crippen LogP contribution in [0, 0.1) is 11.3 Å². The van der Waals surface area contributed by atoms with E-state index in [-0.39, 0.29) is 0 Å². The predicted octanol–water partition coefficient (Wildman–Crippen LogP) is 3.75. The van der Waals surface area contributed by atoms with Gasteiger partial charge < -0.3 is 14.2 Å². The van der Waals surface area contributed by atoms with E-state index in [0.29, 0.717) is 18.3 Å². The van der Waals surface area contributed by atoms with E-state index in [0.717, 1.165) is 55.6 Å². The lowest BCUT2D eigenvalue weighted by molar-refractivity contribution is 0.0898. The molecule has 152 valence electrons. The summed E-state index contributed by atoms with van der Waals surface area (Å²) >= 11 is 0. The van der Waals surface area contributed by atoms with Gasteiger partial charge in [-0.15, -0.1) is 0 Å². The van der Waals surface area contributed by atoms with Crippen molar-refractivity contribution in [3.8, 4) is 6.07 Å². The maximum absolute atomic E-state index is 9.78. The first-order valence-electron chi connectivity index (χ1n) is 10.3. The first-order valence-corrected chi connectivity index (χ1v) is 14.0.